The molecule has 2 heterocycles. The highest BCUT2D eigenvalue weighted by Gasteiger charge is 2.28. The van der Waals surface area contributed by atoms with Gasteiger partial charge < -0.3 is 10.4 Å². The third kappa shape index (κ3) is 4.04. The summed E-state index contributed by atoms with van der Waals surface area (Å²) in [4.78, 5) is 12.8. The number of nitrogens with one attached hydrogen (secondary N) is 1. The van der Waals surface area contributed by atoms with E-state index in [1.54, 1.807) is 11.6 Å². The van der Waals surface area contributed by atoms with Crippen LogP contribution in [0, 0.1) is 13.8 Å². The second-order valence-corrected chi connectivity index (χ2v) is 9.46. The van der Waals surface area contributed by atoms with E-state index < -0.39 is 15.9 Å². The molecule has 0 bridgehead atoms. The second kappa shape index (κ2) is 8.12. The molecule has 1 saturated heterocycles. The minimum absolute atomic E-state index is 0.00484. The van der Waals surface area contributed by atoms with E-state index in [9.17, 15) is 18.3 Å². The number of anilines is 1. The maximum atomic E-state index is 12.8. The molecule has 162 valence electrons. The Kier molecular flexibility index (Phi) is 5.50. The number of rotatable bonds is 5. The van der Waals surface area contributed by atoms with E-state index >= 15 is 0 Å². The molecule has 0 spiro atoms. The first-order chi connectivity index (χ1) is 14.8. The number of hydrogen-bond donors (Lipinski definition) is 2. The summed E-state index contributed by atoms with van der Waals surface area (Å²) in [5.41, 5.74) is 2.40. The average molecular weight is 442 g/mol. The van der Waals surface area contributed by atoms with Crippen LogP contribution < -0.4 is 5.32 Å². The lowest BCUT2D eigenvalue weighted by Crippen LogP contribution is -2.28. The number of sulfonamides is 1. The van der Waals surface area contributed by atoms with E-state index in [1.165, 1.54) is 22.5 Å². The molecule has 1 aliphatic heterocycles. The summed E-state index contributed by atoms with van der Waals surface area (Å²) in [6, 6.07) is 11.5. The Morgan fingerprint density at radius 2 is 1.84 bits per heavy atom. The topological polar surface area (TPSA) is 117 Å². The molecule has 4 rings (SSSR count). The van der Waals surface area contributed by atoms with Gasteiger partial charge in [-0.05, 0) is 62.6 Å². The maximum Gasteiger partial charge on any atom is 0.278 e. The van der Waals surface area contributed by atoms with Crippen LogP contribution in [0.25, 0.3) is 5.69 Å². The molecule has 0 radical (unpaired) electrons. The number of phenolic OH excluding ortho intramolecular Hbond substituents is 1. The van der Waals surface area contributed by atoms with E-state index in [2.05, 4.69) is 15.6 Å². The Hall–Kier alpha value is -3.24. The largest absolute Gasteiger partial charge is 0.506 e. The molecule has 3 aromatic rings. The number of hydrogen-bond acceptors (Lipinski definition) is 6. The van der Waals surface area contributed by atoms with Gasteiger partial charge in [0.15, 0.2) is 5.69 Å². The van der Waals surface area contributed by atoms with Crippen LogP contribution in [-0.4, -0.2) is 51.8 Å². The number of aryl methyl sites for hydroxylation is 1. The van der Waals surface area contributed by atoms with Crippen molar-refractivity contribution in [3.63, 3.8) is 0 Å². The van der Waals surface area contributed by atoms with Gasteiger partial charge in [-0.25, -0.2) is 13.1 Å². The predicted octanol–water partition coefficient (Wildman–Crippen LogP) is 2.63. The second-order valence-electron chi connectivity index (χ2n) is 7.52. The lowest BCUT2D eigenvalue weighted by Gasteiger charge is -2.16. The highest BCUT2D eigenvalue weighted by atomic mass is 32.2. The van der Waals surface area contributed by atoms with Crippen LogP contribution >= 0.6 is 0 Å². The monoisotopic (exact) mass is 441 g/mol. The van der Waals surface area contributed by atoms with Crippen LogP contribution in [0.1, 0.15) is 34.6 Å². The summed E-state index contributed by atoms with van der Waals surface area (Å²) in [5, 5.41) is 20.8. The SMILES string of the molecule is Cc1cccc(-n2nnc(C(=O)Nc3cc(S(=O)(=O)N4CCCC4)ccc3O)c2C)c1. The van der Waals surface area contributed by atoms with E-state index in [-0.39, 0.29) is 22.0 Å². The molecule has 1 fully saturated rings. The fourth-order valence-corrected chi connectivity index (χ4v) is 5.12. The molecule has 0 unspecified atom stereocenters. The minimum atomic E-state index is -3.68. The zero-order valence-corrected chi connectivity index (χ0v) is 18.1. The minimum Gasteiger partial charge on any atom is -0.506 e. The molecule has 1 aliphatic rings. The summed E-state index contributed by atoms with van der Waals surface area (Å²) >= 11 is 0. The number of aromatic hydroxyl groups is 1. The molecule has 0 aliphatic carbocycles. The van der Waals surface area contributed by atoms with Crippen LogP contribution in [0.3, 0.4) is 0 Å². The molecule has 2 aromatic carbocycles. The number of benzene rings is 2. The molecule has 1 amide bonds. The first kappa shape index (κ1) is 21.0. The average Bonchev–Trinajstić information content (AvgIpc) is 3.40. The maximum absolute atomic E-state index is 12.8. The van der Waals surface area contributed by atoms with Crippen molar-refractivity contribution in [2.24, 2.45) is 0 Å². The fourth-order valence-electron chi connectivity index (χ4n) is 3.58. The first-order valence-electron chi connectivity index (χ1n) is 9.91. The van der Waals surface area contributed by atoms with Crippen molar-refractivity contribution in [1.82, 2.24) is 19.3 Å². The summed E-state index contributed by atoms with van der Waals surface area (Å²) in [5.74, 6) is -0.833. The summed E-state index contributed by atoms with van der Waals surface area (Å²) < 4.78 is 28.6. The van der Waals surface area contributed by atoms with Gasteiger partial charge in [-0.3, -0.25) is 4.79 Å². The molecule has 0 atom stereocenters. The van der Waals surface area contributed by atoms with Gasteiger partial charge in [-0.1, -0.05) is 17.3 Å². The van der Waals surface area contributed by atoms with Gasteiger partial charge in [0, 0.05) is 13.1 Å². The summed E-state index contributed by atoms with van der Waals surface area (Å²) in [6.07, 6.45) is 1.63. The molecular weight excluding hydrogens is 418 g/mol. The van der Waals surface area contributed by atoms with Crippen molar-refractivity contribution in [2.45, 2.75) is 31.6 Å². The van der Waals surface area contributed by atoms with Crippen LogP contribution in [0.15, 0.2) is 47.4 Å². The Morgan fingerprint density at radius 1 is 1.10 bits per heavy atom. The Balaban J connectivity index is 1.61. The van der Waals surface area contributed by atoms with Crippen molar-refractivity contribution in [3.8, 4) is 11.4 Å². The zero-order chi connectivity index (χ0) is 22.2. The van der Waals surface area contributed by atoms with Crippen LogP contribution in [-0.2, 0) is 10.0 Å². The standard InChI is InChI=1S/C21H23N5O4S/c1-14-6-5-7-16(12-14)26-15(2)20(23-24-26)21(28)22-18-13-17(8-9-19(18)27)31(29,30)25-10-3-4-11-25/h5-9,12-13,27H,3-4,10-11H2,1-2H3,(H,22,28). The van der Waals surface area contributed by atoms with Gasteiger partial charge >= 0.3 is 0 Å². The Bertz CT molecular complexity index is 1250. The number of carbonyl (C=O) groups excluding carboxylic acids is 1. The van der Waals surface area contributed by atoms with Gasteiger partial charge in [0.25, 0.3) is 5.91 Å². The summed E-state index contributed by atoms with van der Waals surface area (Å²) in [7, 11) is -3.68. The van der Waals surface area contributed by atoms with Crippen molar-refractivity contribution in [3.05, 3.63) is 59.4 Å². The fraction of sp³-hybridized carbons (Fsp3) is 0.286. The quantitative estimate of drug-likeness (QED) is 0.588. The number of phenols is 1. The van der Waals surface area contributed by atoms with Crippen LogP contribution in [0.4, 0.5) is 5.69 Å². The lowest BCUT2D eigenvalue weighted by molar-refractivity contribution is 0.102. The first-order valence-corrected chi connectivity index (χ1v) is 11.4. The van der Waals surface area contributed by atoms with Crippen LogP contribution in [0.5, 0.6) is 5.75 Å². The molecule has 31 heavy (non-hydrogen) atoms. The Morgan fingerprint density at radius 3 is 2.55 bits per heavy atom. The number of amides is 1. The number of carbonyl (C=O) groups is 1. The van der Waals surface area contributed by atoms with Gasteiger partial charge in [0.2, 0.25) is 10.0 Å². The normalized spacial score (nSPS) is 14.6. The van der Waals surface area contributed by atoms with Gasteiger partial charge in [0.05, 0.1) is 22.0 Å². The van der Waals surface area contributed by atoms with Gasteiger partial charge in [-0.2, -0.15) is 4.31 Å². The van der Waals surface area contributed by atoms with Crippen molar-refractivity contribution in [2.75, 3.05) is 18.4 Å². The van der Waals surface area contributed by atoms with E-state index in [0.717, 1.165) is 24.1 Å². The predicted molar refractivity (Wildman–Crippen MR) is 115 cm³/mol. The smallest absolute Gasteiger partial charge is 0.278 e. The van der Waals surface area contributed by atoms with E-state index in [0.29, 0.717) is 18.8 Å². The van der Waals surface area contributed by atoms with Gasteiger partial charge in [0.1, 0.15) is 5.75 Å². The van der Waals surface area contributed by atoms with E-state index in [4.69, 9.17) is 0 Å². The highest BCUT2D eigenvalue weighted by molar-refractivity contribution is 7.89. The number of nitrogens with zero attached hydrogens (tertiary/aromatic N) is 4. The van der Waals surface area contributed by atoms with E-state index in [1.807, 2.05) is 31.2 Å². The molecule has 0 saturated carbocycles. The number of aromatic nitrogens is 3. The third-order valence-corrected chi connectivity index (χ3v) is 7.17. The molecule has 10 heteroatoms. The zero-order valence-electron chi connectivity index (χ0n) is 17.2. The Labute approximate surface area is 180 Å². The molecule has 2 N–H and O–H groups in total. The molecule has 9 nitrogen and oxygen atoms in total. The third-order valence-electron chi connectivity index (χ3n) is 5.27. The van der Waals surface area contributed by atoms with Crippen molar-refractivity contribution >= 4 is 21.6 Å². The highest BCUT2D eigenvalue weighted by Crippen LogP contribution is 2.29. The van der Waals surface area contributed by atoms with Crippen molar-refractivity contribution < 1.29 is 18.3 Å². The van der Waals surface area contributed by atoms with Crippen LogP contribution in [0.2, 0.25) is 0 Å². The van der Waals surface area contributed by atoms with Crippen molar-refractivity contribution in [1.29, 1.82) is 0 Å². The van der Waals surface area contributed by atoms with Gasteiger partial charge in [-0.15, -0.1) is 5.10 Å². The molecular formula is C21H23N5O4S. The molecule has 1 aromatic heterocycles. The lowest BCUT2D eigenvalue weighted by atomic mass is 10.2. The summed E-state index contributed by atoms with van der Waals surface area (Å²) in [6.45, 7) is 4.60.